The lowest BCUT2D eigenvalue weighted by Gasteiger charge is -2.18. The van der Waals surface area contributed by atoms with Crippen LogP contribution in [0.3, 0.4) is 0 Å². The third kappa shape index (κ3) is 4.98. The average Bonchev–Trinajstić information content (AvgIpc) is 2.85. The highest BCUT2D eigenvalue weighted by Crippen LogP contribution is 2.26. The van der Waals surface area contributed by atoms with E-state index in [9.17, 15) is 13.2 Å². The van der Waals surface area contributed by atoms with Crippen molar-refractivity contribution in [3.8, 4) is 10.6 Å². The molecule has 0 unspecified atom stereocenters. The molecule has 0 atom stereocenters. The van der Waals surface area contributed by atoms with Crippen LogP contribution in [0, 0.1) is 0 Å². The van der Waals surface area contributed by atoms with E-state index in [2.05, 4.69) is 4.98 Å². The minimum absolute atomic E-state index is 0.237. The molecule has 0 aliphatic rings. The van der Waals surface area contributed by atoms with E-state index in [1.165, 1.54) is 23.3 Å². The molecule has 1 heterocycles. The van der Waals surface area contributed by atoms with Crippen molar-refractivity contribution in [1.29, 1.82) is 0 Å². The summed E-state index contributed by atoms with van der Waals surface area (Å²) in [6.07, 6.45) is -4.18. The second kappa shape index (κ2) is 6.77. The molecule has 114 valence electrons. The Labute approximate surface area is 130 Å². The van der Waals surface area contributed by atoms with Crippen molar-refractivity contribution in [1.82, 2.24) is 9.88 Å². The van der Waals surface area contributed by atoms with Crippen LogP contribution in [0.2, 0.25) is 0 Å². The van der Waals surface area contributed by atoms with Crippen LogP contribution in [-0.4, -0.2) is 29.7 Å². The first-order valence-corrected chi connectivity index (χ1v) is 7.64. The van der Waals surface area contributed by atoms with E-state index in [4.69, 9.17) is 11.6 Å². The SMILES string of the molecule is CN(Cc1cccc(-c2nc(CCl)cs2)c1)CC(F)(F)F. The van der Waals surface area contributed by atoms with E-state index >= 15 is 0 Å². The average molecular weight is 335 g/mol. The van der Waals surface area contributed by atoms with Crippen molar-refractivity contribution in [2.75, 3.05) is 13.6 Å². The van der Waals surface area contributed by atoms with Crippen molar-refractivity contribution in [2.24, 2.45) is 0 Å². The lowest BCUT2D eigenvalue weighted by Crippen LogP contribution is -2.30. The molecule has 7 heteroatoms. The van der Waals surface area contributed by atoms with Crippen molar-refractivity contribution >= 4 is 22.9 Å². The Kier molecular flexibility index (Phi) is 5.24. The maximum Gasteiger partial charge on any atom is 0.401 e. The highest BCUT2D eigenvalue weighted by Gasteiger charge is 2.29. The molecule has 21 heavy (non-hydrogen) atoms. The summed E-state index contributed by atoms with van der Waals surface area (Å²) in [5.74, 6) is 0.352. The van der Waals surface area contributed by atoms with Crippen molar-refractivity contribution in [3.63, 3.8) is 0 Å². The van der Waals surface area contributed by atoms with E-state index in [1.54, 1.807) is 0 Å². The largest absolute Gasteiger partial charge is 0.401 e. The standard InChI is InChI=1S/C14H14ClF3N2S/c1-20(9-14(16,17)18)7-10-3-2-4-11(5-10)13-19-12(6-15)8-21-13/h2-5,8H,6-7,9H2,1H3. The highest BCUT2D eigenvalue weighted by molar-refractivity contribution is 7.13. The molecular formula is C14H14ClF3N2S. The molecule has 2 rings (SSSR count). The number of rotatable bonds is 5. The lowest BCUT2D eigenvalue weighted by atomic mass is 10.1. The summed E-state index contributed by atoms with van der Waals surface area (Å²) in [4.78, 5) is 5.61. The van der Waals surface area contributed by atoms with Gasteiger partial charge >= 0.3 is 6.18 Å². The molecule has 0 fully saturated rings. The van der Waals surface area contributed by atoms with Crippen LogP contribution < -0.4 is 0 Å². The van der Waals surface area contributed by atoms with Gasteiger partial charge in [0, 0.05) is 17.5 Å². The quantitative estimate of drug-likeness (QED) is 0.746. The predicted molar refractivity (Wildman–Crippen MR) is 79.5 cm³/mol. The first-order valence-electron chi connectivity index (χ1n) is 6.22. The van der Waals surface area contributed by atoms with Crippen LogP contribution in [0.25, 0.3) is 10.6 Å². The van der Waals surface area contributed by atoms with Crippen LogP contribution in [0.15, 0.2) is 29.6 Å². The van der Waals surface area contributed by atoms with Gasteiger partial charge in [-0.3, -0.25) is 4.90 Å². The van der Waals surface area contributed by atoms with Crippen LogP contribution >= 0.6 is 22.9 Å². The zero-order valence-corrected chi connectivity index (χ0v) is 12.9. The fourth-order valence-corrected chi connectivity index (χ4v) is 3.02. The minimum atomic E-state index is -4.18. The van der Waals surface area contributed by atoms with E-state index in [0.29, 0.717) is 5.88 Å². The Morgan fingerprint density at radius 1 is 1.33 bits per heavy atom. The number of thiazole rings is 1. The number of hydrogen-bond acceptors (Lipinski definition) is 3. The van der Waals surface area contributed by atoms with E-state index in [0.717, 1.165) is 21.8 Å². The summed E-state index contributed by atoms with van der Waals surface area (Å²) in [5.41, 5.74) is 2.52. The molecule has 0 saturated carbocycles. The molecule has 1 aromatic carbocycles. The van der Waals surface area contributed by atoms with Crippen LogP contribution in [0.5, 0.6) is 0 Å². The molecule has 0 spiro atoms. The molecule has 0 aliphatic heterocycles. The van der Waals surface area contributed by atoms with Gasteiger partial charge in [0.2, 0.25) is 0 Å². The molecule has 0 bridgehead atoms. The Morgan fingerprint density at radius 3 is 2.71 bits per heavy atom. The molecular weight excluding hydrogens is 321 g/mol. The first kappa shape index (κ1) is 16.3. The van der Waals surface area contributed by atoms with Gasteiger partial charge in [-0.1, -0.05) is 18.2 Å². The number of alkyl halides is 4. The molecule has 0 radical (unpaired) electrons. The number of aromatic nitrogens is 1. The van der Waals surface area contributed by atoms with Crippen LogP contribution in [0.1, 0.15) is 11.3 Å². The van der Waals surface area contributed by atoms with Gasteiger partial charge in [-0.2, -0.15) is 13.2 Å². The normalized spacial score (nSPS) is 12.1. The van der Waals surface area contributed by atoms with Gasteiger partial charge in [-0.05, 0) is 18.7 Å². The van der Waals surface area contributed by atoms with Gasteiger partial charge in [0.1, 0.15) is 5.01 Å². The summed E-state index contributed by atoms with van der Waals surface area (Å²) >= 11 is 7.20. The Bertz CT molecular complexity index is 598. The summed E-state index contributed by atoms with van der Waals surface area (Å²) < 4.78 is 37.0. The van der Waals surface area contributed by atoms with Gasteiger partial charge in [0.25, 0.3) is 0 Å². The summed E-state index contributed by atoms with van der Waals surface area (Å²) in [5, 5.41) is 2.70. The minimum Gasteiger partial charge on any atom is -0.294 e. The van der Waals surface area contributed by atoms with Crippen LogP contribution in [-0.2, 0) is 12.4 Å². The maximum absolute atomic E-state index is 12.3. The molecule has 2 aromatic rings. The van der Waals surface area contributed by atoms with Gasteiger partial charge < -0.3 is 0 Å². The summed E-state index contributed by atoms with van der Waals surface area (Å²) in [6.45, 7) is -0.689. The molecule has 0 aliphatic carbocycles. The Balaban J connectivity index is 2.10. The predicted octanol–water partition coefficient (Wildman–Crippen LogP) is 4.54. The number of halogens is 4. The summed E-state index contributed by atoms with van der Waals surface area (Å²) in [7, 11) is 1.45. The maximum atomic E-state index is 12.3. The number of hydrogen-bond donors (Lipinski definition) is 0. The van der Waals surface area contributed by atoms with Gasteiger partial charge in [0.15, 0.2) is 0 Å². The third-order valence-corrected chi connectivity index (χ3v) is 3.98. The fourth-order valence-electron chi connectivity index (χ4n) is 1.98. The second-order valence-electron chi connectivity index (χ2n) is 4.77. The van der Waals surface area contributed by atoms with Gasteiger partial charge in [-0.15, -0.1) is 22.9 Å². The molecule has 2 nitrogen and oxygen atoms in total. The molecule has 0 amide bonds. The zero-order valence-electron chi connectivity index (χ0n) is 11.3. The number of nitrogens with zero attached hydrogens (tertiary/aromatic N) is 2. The Hall–Kier alpha value is -1.11. The third-order valence-electron chi connectivity index (χ3n) is 2.76. The number of benzene rings is 1. The molecule has 0 N–H and O–H groups in total. The lowest BCUT2D eigenvalue weighted by molar-refractivity contribution is -0.144. The fraction of sp³-hybridized carbons (Fsp3) is 0.357. The van der Waals surface area contributed by atoms with Gasteiger partial charge in [0.05, 0.1) is 18.1 Å². The first-order chi connectivity index (χ1) is 9.87. The second-order valence-corrected chi connectivity index (χ2v) is 5.89. The Morgan fingerprint density at radius 2 is 2.10 bits per heavy atom. The monoisotopic (exact) mass is 334 g/mol. The van der Waals surface area contributed by atoms with E-state index in [1.807, 2.05) is 29.6 Å². The highest BCUT2D eigenvalue weighted by atomic mass is 35.5. The van der Waals surface area contributed by atoms with Crippen molar-refractivity contribution in [2.45, 2.75) is 18.6 Å². The van der Waals surface area contributed by atoms with E-state index in [-0.39, 0.29) is 6.54 Å². The zero-order chi connectivity index (χ0) is 15.5. The van der Waals surface area contributed by atoms with Crippen molar-refractivity contribution in [3.05, 3.63) is 40.9 Å². The smallest absolute Gasteiger partial charge is 0.294 e. The van der Waals surface area contributed by atoms with Crippen LogP contribution in [0.4, 0.5) is 13.2 Å². The van der Waals surface area contributed by atoms with Gasteiger partial charge in [-0.25, -0.2) is 4.98 Å². The van der Waals surface area contributed by atoms with Crippen molar-refractivity contribution < 1.29 is 13.2 Å². The molecule has 1 aromatic heterocycles. The topological polar surface area (TPSA) is 16.1 Å². The summed E-state index contributed by atoms with van der Waals surface area (Å²) in [6, 6.07) is 7.40. The van der Waals surface area contributed by atoms with E-state index < -0.39 is 12.7 Å². The molecule has 0 saturated heterocycles.